The molecule has 0 saturated carbocycles. The highest BCUT2D eigenvalue weighted by molar-refractivity contribution is 9.10. The van der Waals surface area contributed by atoms with E-state index in [2.05, 4.69) is 15.9 Å². The summed E-state index contributed by atoms with van der Waals surface area (Å²) in [6, 6.07) is 4.09. The predicted molar refractivity (Wildman–Crippen MR) is 50.2 cm³/mol. The van der Waals surface area contributed by atoms with Crippen molar-refractivity contribution in [1.82, 2.24) is 0 Å². The van der Waals surface area contributed by atoms with Crippen molar-refractivity contribution in [3.8, 4) is 0 Å². The molecule has 4 nitrogen and oxygen atoms in total. The summed E-state index contributed by atoms with van der Waals surface area (Å²) in [7, 11) is -4.17. The first kappa shape index (κ1) is 9.74. The highest BCUT2D eigenvalue weighted by Crippen LogP contribution is 2.34. The lowest BCUT2D eigenvalue weighted by atomic mass is 10.3. The Labute approximate surface area is 77.7 Å². The molecule has 0 radical (unpaired) electrons. The van der Waals surface area contributed by atoms with Gasteiger partial charge in [-0.2, -0.15) is 0 Å². The Balaban J connectivity index is 3.23. The minimum atomic E-state index is -4.17. The zero-order valence-corrected chi connectivity index (χ0v) is 8.42. The third kappa shape index (κ3) is 2.08. The van der Waals surface area contributed by atoms with E-state index in [1.54, 1.807) is 0 Å². The zero-order valence-electron chi connectivity index (χ0n) is 5.94. The van der Waals surface area contributed by atoms with Crippen LogP contribution in [0, 0.1) is 0 Å². The van der Waals surface area contributed by atoms with Crippen LogP contribution >= 0.6 is 23.5 Å². The lowest BCUT2D eigenvalue weighted by molar-refractivity contribution is 0.387. The molecule has 1 rings (SSSR count). The molecular weight excluding hydrogens is 245 g/mol. The van der Waals surface area contributed by atoms with Crippen LogP contribution in [0.1, 0.15) is 0 Å². The summed E-state index contributed by atoms with van der Waals surface area (Å²) in [5.74, 6) is 0. The molecule has 0 heterocycles. The SMILES string of the molecule is Nc1cc(P(=O)(O)O)ccc1Br. The van der Waals surface area contributed by atoms with Crippen LogP contribution in [0.15, 0.2) is 22.7 Å². The van der Waals surface area contributed by atoms with E-state index in [9.17, 15) is 4.57 Å². The van der Waals surface area contributed by atoms with Crippen LogP contribution in [0.5, 0.6) is 0 Å². The molecule has 0 amide bonds. The van der Waals surface area contributed by atoms with E-state index in [1.165, 1.54) is 18.2 Å². The molecule has 6 heteroatoms. The van der Waals surface area contributed by atoms with E-state index < -0.39 is 7.60 Å². The van der Waals surface area contributed by atoms with Gasteiger partial charge in [-0.15, -0.1) is 0 Å². The summed E-state index contributed by atoms with van der Waals surface area (Å²) in [5.41, 5.74) is 5.74. The molecular formula is C6H7BrNO3P. The summed E-state index contributed by atoms with van der Waals surface area (Å²) in [6.07, 6.45) is 0. The molecule has 0 aliphatic rings. The van der Waals surface area contributed by atoms with Crippen molar-refractivity contribution in [1.29, 1.82) is 0 Å². The fourth-order valence-corrected chi connectivity index (χ4v) is 1.53. The lowest BCUT2D eigenvalue weighted by Gasteiger charge is -2.05. The molecule has 0 spiro atoms. The van der Waals surface area contributed by atoms with Gasteiger partial charge in [0.25, 0.3) is 0 Å². The van der Waals surface area contributed by atoms with E-state index >= 15 is 0 Å². The second-order valence-corrected chi connectivity index (χ2v) is 4.71. The van der Waals surface area contributed by atoms with Crippen molar-refractivity contribution in [3.63, 3.8) is 0 Å². The van der Waals surface area contributed by atoms with Crippen LogP contribution in [0.3, 0.4) is 0 Å². The van der Waals surface area contributed by atoms with Gasteiger partial charge in [-0.1, -0.05) is 0 Å². The van der Waals surface area contributed by atoms with Crippen LogP contribution in [0.4, 0.5) is 5.69 Å². The number of anilines is 1. The first-order chi connectivity index (χ1) is 5.41. The second kappa shape index (κ2) is 3.18. The maximum absolute atomic E-state index is 10.7. The van der Waals surface area contributed by atoms with Crippen LogP contribution in [0.2, 0.25) is 0 Å². The molecule has 66 valence electrons. The van der Waals surface area contributed by atoms with Crippen LogP contribution in [-0.4, -0.2) is 9.79 Å². The number of rotatable bonds is 1. The van der Waals surface area contributed by atoms with Crippen molar-refractivity contribution in [2.45, 2.75) is 0 Å². The van der Waals surface area contributed by atoms with Gasteiger partial charge in [0.1, 0.15) is 0 Å². The van der Waals surface area contributed by atoms with Gasteiger partial charge in [-0.25, -0.2) is 0 Å². The third-order valence-corrected chi connectivity index (χ3v) is 2.99. The summed E-state index contributed by atoms with van der Waals surface area (Å²) >= 11 is 3.12. The van der Waals surface area contributed by atoms with Crippen molar-refractivity contribution in [2.75, 3.05) is 5.73 Å². The van der Waals surface area contributed by atoms with Crippen molar-refractivity contribution in [3.05, 3.63) is 22.7 Å². The molecule has 0 aliphatic carbocycles. The van der Waals surface area contributed by atoms with Crippen LogP contribution in [-0.2, 0) is 4.57 Å². The van der Waals surface area contributed by atoms with E-state index in [4.69, 9.17) is 15.5 Å². The van der Waals surface area contributed by atoms with Gasteiger partial charge in [0.2, 0.25) is 0 Å². The molecule has 12 heavy (non-hydrogen) atoms. The molecule has 0 aromatic heterocycles. The minimum Gasteiger partial charge on any atom is -0.398 e. The predicted octanol–water partition coefficient (Wildman–Crippen LogP) is 0.834. The topological polar surface area (TPSA) is 83.6 Å². The Morgan fingerprint density at radius 1 is 1.42 bits per heavy atom. The van der Waals surface area contributed by atoms with E-state index in [0.29, 0.717) is 10.2 Å². The van der Waals surface area contributed by atoms with E-state index in [0.717, 1.165) is 0 Å². The van der Waals surface area contributed by atoms with Crippen LogP contribution < -0.4 is 11.0 Å². The van der Waals surface area contributed by atoms with Gasteiger partial charge in [0.15, 0.2) is 0 Å². The molecule has 0 bridgehead atoms. The van der Waals surface area contributed by atoms with E-state index in [-0.39, 0.29) is 5.30 Å². The highest BCUT2D eigenvalue weighted by atomic mass is 79.9. The molecule has 1 aromatic carbocycles. The van der Waals surface area contributed by atoms with Gasteiger partial charge in [-0.05, 0) is 34.1 Å². The standard InChI is InChI=1S/C6H7BrNO3P/c7-5-2-1-4(3-6(5)8)12(9,10)11/h1-3H,8H2,(H2,9,10,11). The smallest absolute Gasteiger partial charge is 0.356 e. The normalized spacial score (nSPS) is 11.6. The maximum Gasteiger partial charge on any atom is 0.356 e. The zero-order chi connectivity index (χ0) is 9.35. The van der Waals surface area contributed by atoms with Crippen molar-refractivity contribution < 1.29 is 14.4 Å². The minimum absolute atomic E-state index is 0.0665. The highest BCUT2D eigenvalue weighted by Gasteiger charge is 2.17. The molecule has 0 aliphatic heterocycles. The Hall–Kier alpha value is -0.350. The lowest BCUT2D eigenvalue weighted by Crippen LogP contribution is -2.04. The second-order valence-electron chi connectivity index (χ2n) is 2.25. The van der Waals surface area contributed by atoms with Crippen LogP contribution in [0.25, 0.3) is 0 Å². The number of nitrogen functional groups attached to an aromatic ring is 1. The van der Waals surface area contributed by atoms with Gasteiger partial charge >= 0.3 is 7.60 Å². The molecule has 0 saturated heterocycles. The quantitative estimate of drug-likeness (QED) is 0.510. The van der Waals surface area contributed by atoms with E-state index in [1.807, 2.05) is 0 Å². The number of hydrogen-bond donors (Lipinski definition) is 3. The molecule has 0 unspecified atom stereocenters. The summed E-state index contributed by atoms with van der Waals surface area (Å²) in [4.78, 5) is 17.5. The first-order valence-corrected chi connectivity index (χ1v) is 5.43. The van der Waals surface area contributed by atoms with Gasteiger partial charge in [0.05, 0.1) is 5.30 Å². The Morgan fingerprint density at radius 2 is 2.00 bits per heavy atom. The maximum atomic E-state index is 10.7. The monoisotopic (exact) mass is 251 g/mol. The number of halogens is 1. The Bertz CT molecular complexity index is 349. The van der Waals surface area contributed by atoms with Crippen molar-refractivity contribution >= 4 is 34.5 Å². The fourth-order valence-electron chi connectivity index (χ4n) is 0.712. The molecule has 0 fully saturated rings. The van der Waals surface area contributed by atoms with Gasteiger partial charge < -0.3 is 15.5 Å². The first-order valence-electron chi connectivity index (χ1n) is 3.02. The Morgan fingerprint density at radius 3 is 2.42 bits per heavy atom. The summed E-state index contributed by atoms with van der Waals surface area (Å²) in [5, 5.41) is -0.0665. The largest absolute Gasteiger partial charge is 0.398 e. The number of nitrogens with two attached hydrogens (primary N) is 1. The average molecular weight is 252 g/mol. The molecule has 1 aromatic rings. The van der Waals surface area contributed by atoms with Gasteiger partial charge in [0, 0.05) is 10.2 Å². The summed E-state index contributed by atoms with van der Waals surface area (Å²) in [6.45, 7) is 0. The van der Waals surface area contributed by atoms with Gasteiger partial charge in [-0.3, -0.25) is 4.57 Å². The Kier molecular flexibility index (Phi) is 2.58. The number of hydrogen-bond acceptors (Lipinski definition) is 2. The summed E-state index contributed by atoms with van der Waals surface area (Å²) < 4.78 is 11.3. The molecule has 4 N–H and O–H groups in total. The third-order valence-electron chi connectivity index (χ3n) is 1.32. The number of benzene rings is 1. The van der Waals surface area contributed by atoms with Crippen molar-refractivity contribution in [2.24, 2.45) is 0 Å². The average Bonchev–Trinajstić information content (AvgIpc) is 1.92. The fraction of sp³-hybridized carbons (Fsp3) is 0. The molecule has 0 atom stereocenters.